The zero-order valence-electron chi connectivity index (χ0n) is 7.96. The second kappa shape index (κ2) is 4.31. The van der Waals surface area contributed by atoms with Crippen molar-refractivity contribution in [3.05, 3.63) is 30.0 Å². The van der Waals surface area contributed by atoms with Crippen molar-refractivity contribution < 1.29 is 4.79 Å². The van der Waals surface area contributed by atoms with Crippen LogP contribution in [0.2, 0.25) is 0 Å². The van der Waals surface area contributed by atoms with E-state index in [1.807, 2.05) is 18.2 Å². The Kier molecular flexibility index (Phi) is 2.87. The molecule has 1 amide bonds. The summed E-state index contributed by atoms with van der Waals surface area (Å²) in [6.45, 7) is 0.487. The van der Waals surface area contributed by atoms with Crippen LogP contribution in [0.4, 0.5) is 0 Å². The van der Waals surface area contributed by atoms with Crippen molar-refractivity contribution >= 4 is 28.4 Å². The molecular formula is C10H10ClN3O. The highest BCUT2D eigenvalue weighted by atomic mass is 35.5. The summed E-state index contributed by atoms with van der Waals surface area (Å²) in [5.74, 6) is -0.173. The lowest BCUT2D eigenvalue weighted by Crippen LogP contribution is -2.23. The third kappa shape index (κ3) is 2.27. The van der Waals surface area contributed by atoms with E-state index >= 15 is 0 Å². The number of carbonyl (C=O) groups excluding carboxylic acids is 1. The summed E-state index contributed by atoms with van der Waals surface area (Å²) >= 11 is 5.37. The lowest BCUT2D eigenvalue weighted by molar-refractivity contribution is -0.118. The molecule has 1 aromatic carbocycles. The van der Waals surface area contributed by atoms with Gasteiger partial charge in [0.15, 0.2) is 0 Å². The molecule has 0 aliphatic carbocycles. The largest absolute Gasteiger partial charge is 0.351 e. The number of nitrogens with one attached hydrogen (secondary N) is 2. The average molecular weight is 224 g/mol. The number of fused-ring (bicyclic) bond motifs is 1. The molecule has 0 atom stereocenters. The number of aromatic nitrogens is 2. The second-order valence-corrected chi connectivity index (χ2v) is 3.47. The summed E-state index contributed by atoms with van der Waals surface area (Å²) in [5, 5.41) is 10.6. The third-order valence-corrected chi connectivity index (χ3v) is 2.36. The Morgan fingerprint density at radius 2 is 2.40 bits per heavy atom. The van der Waals surface area contributed by atoms with Crippen LogP contribution < -0.4 is 5.32 Å². The van der Waals surface area contributed by atoms with E-state index in [2.05, 4.69) is 15.5 Å². The first-order valence-corrected chi connectivity index (χ1v) is 5.08. The molecule has 0 bridgehead atoms. The predicted molar refractivity (Wildman–Crippen MR) is 58.7 cm³/mol. The first kappa shape index (κ1) is 9.98. The van der Waals surface area contributed by atoms with Gasteiger partial charge >= 0.3 is 0 Å². The molecular weight excluding hydrogens is 214 g/mol. The van der Waals surface area contributed by atoms with Gasteiger partial charge < -0.3 is 5.32 Å². The van der Waals surface area contributed by atoms with Gasteiger partial charge in [0.2, 0.25) is 5.91 Å². The van der Waals surface area contributed by atoms with Gasteiger partial charge in [0, 0.05) is 11.9 Å². The fourth-order valence-corrected chi connectivity index (χ4v) is 1.44. The molecule has 2 N–H and O–H groups in total. The van der Waals surface area contributed by atoms with Crippen LogP contribution in [0.25, 0.3) is 10.9 Å². The SMILES string of the molecule is O=C(CCl)NCc1ccc2cn[nH]c2c1. The lowest BCUT2D eigenvalue weighted by atomic mass is 10.2. The number of nitrogens with zero attached hydrogens (tertiary/aromatic N) is 1. The Morgan fingerprint density at radius 3 is 3.20 bits per heavy atom. The molecule has 0 radical (unpaired) electrons. The summed E-state index contributed by atoms with van der Waals surface area (Å²) in [4.78, 5) is 10.9. The molecule has 0 saturated heterocycles. The number of H-pyrrole nitrogens is 1. The van der Waals surface area contributed by atoms with Gasteiger partial charge in [-0.3, -0.25) is 9.89 Å². The maximum atomic E-state index is 10.9. The standard InChI is InChI=1S/C10H10ClN3O/c11-4-10(15)12-5-7-1-2-8-6-13-14-9(8)3-7/h1-3,6H,4-5H2,(H,12,15)(H,13,14). The molecule has 2 rings (SSSR count). The number of halogens is 1. The summed E-state index contributed by atoms with van der Waals surface area (Å²) in [7, 11) is 0. The highest BCUT2D eigenvalue weighted by Gasteiger charge is 2.00. The van der Waals surface area contributed by atoms with Gasteiger partial charge in [-0.15, -0.1) is 11.6 Å². The summed E-state index contributed by atoms with van der Waals surface area (Å²) in [6, 6.07) is 5.87. The molecule has 0 unspecified atom stereocenters. The van der Waals surface area contributed by atoms with Crippen LogP contribution in [0.5, 0.6) is 0 Å². The first-order valence-electron chi connectivity index (χ1n) is 4.54. The highest BCUT2D eigenvalue weighted by molar-refractivity contribution is 6.27. The van der Waals surface area contributed by atoms with E-state index in [1.165, 1.54) is 0 Å². The van der Waals surface area contributed by atoms with Crippen LogP contribution >= 0.6 is 11.6 Å². The minimum atomic E-state index is -0.165. The fraction of sp³-hybridized carbons (Fsp3) is 0.200. The van der Waals surface area contributed by atoms with E-state index in [9.17, 15) is 4.79 Å². The van der Waals surface area contributed by atoms with E-state index in [0.717, 1.165) is 16.5 Å². The Bertz CT molecular complexity index is 480. The second-order valence-electron chi connectivity index (χ2n) is 3.20. The zero-order chi connectivity index (χ0) is 10.7. The van der Waals surface area contributed by atoms with Gasteiger partial charge in [0.1, 0.15) is 5.88 Å². The van der Waals surface area contributed by atoms with Gasteiger partial charge in [-0.2, -0.15) is 5.10 Å². The molecule has 0 aliphatic rings. The van der Waals surface area contributed by atoms with Crippen LogP contribution in [0, 0.1) is 0 Å². The average Bonchev–Trinajstić information content (AvgIpc) is 2.72. The smallest absolute Gasteiger partial charge is 0.235 e. The van der Waals surface area contributed by atoms with Crippen molar-refractivity contribution in [1.29, 1.82) is 0 Å². The van der Waals surface area contributed by atoms with Crippen molar-refractivity contribution in [2.75, 3.05) is 5.88 Å². The number of amides is 1. The van der Waals surface area contributed by atoms with Gasteiger partial charge in [-0.25, -0.2) is 0 Å². The molecule has 0 aliphatic heterocycles. The quantitative estimate of drug-likeness (QED) is 0.774. The normalized spacial score (nSPS) is 10.5. The van der Waals surface area contributed by atoms with E-state index in [0.29, 0.717) is 6.54 Å². The Labute approximate surface area is 91.6 Å². The van der Waals surface area contributed by atoms with Crippen molar-refractivity contribution in [3.63, 3.8) is 0 Å². The van der Waals surface area contributed by atoms with Gasteiger partial charge in [-0.1, -0.05) is 12.1 Å². The number of benzene rings is 1. The van der Waals surface area contributed by atoms with E-state index in [-0.39, 0.29) is 11.8 Å². The summed E-state index contributed by atoms with van der Waals surface area (Å²) in [6.07, 6.45) is 1.76. The topological polar surface area (TPSA) is 57.8 Å². The molecule has 1 heterocycles. The molecule has 1 aromatic heterocycles. The fourth-order valence-electron chi connectivity index (χ4n) is 1.34. The van der Waals surface area contributed by atoms with E-state index in [4.69, 9.17) is 11.6 Å². The molecule has 0 saturated carbocycles. The first-order chi connectivity index (χ1) is 7.29. The van der Waals surface area contributed by atoms with Crippen LogP contribution in [-0.2, 0) is 11.3 Å². The maximum absolute atomic E-state index is 10.9. The third-order valence-electron chi connectivity index (χ3n) is 2.12. The van der Waals surface area contributed by atoms with Crippen molar-refractivity contribution in [1.82, 2.24) is 15.5 Å². The van der Waals surface area contributed by atoms with Crippen molar-refractivity contribution in [2.45, 2.75) is 6.54 Å². The van der Waals surface area contributed by atoms with Gasteiger partial charge in [-0.05, 0) is 11.6 Å². The lowest BCUT2D eigenvalue weighted by Gasteiger charge is -2.02. The summed E-state index contributed by atoms with van der Waals surface area (Å²) in [5.41, 5.74) is 1.98. The number of alkyl halides is 1. The number of hydrogen-bond acceptors (Lipinski definition) is 2. The zero-order valence-corrected chi connectivity index (χ0v) is 8.71. The molecule has 4 nitrogen and oxygen atoms in total. The summed E-state index contributed by atoms with van der Waals surface area (Å²) < 4.78 is 0. The van der Waals surface area contributed by atoms with Gasteiger partial charge in [0.05, 0.1) is 11.7 Å². The highest BCUT2D eigenvalue weighted by Crippen LogP contribution is 2.12. The predicted octanol–water partition coefficient (Wildman–Crippen LogP) is 1.42. The van der Waals surface area contributed by atoms with Crippen LogP contribution in [-0.4, -0.2) is 22.0 Å². The molecule has 5 heteroatoms. The number of hydrogen-bond donors (Lipinski definition) is 2. The van der Waals surface area contributed by atoms with Crippen LogP contribution in [0.15, 0.2) is 24.4 Å². The van der Waals surface area contributed by atoms with E-state index in [1.54, 1.807) is 6.20 Å². The molecule has 0 spiro atoms. The van der Waals surface area contributed by atoms with Crippen LogP contribution in [0.1, 0.15) is 5.56 Å². The number of rotatable bonds is 3. The monoisotopic (exact) mass is 223 g/mol. The van der Waals surface area contributed by atoms with E-state index < -0.39 is 0 Å². The number of aromatic amines is 1. The number of carbonyl (C=O) groups is 1. The molecule has 15 heavy (non-hydrogen) atoms. The van der Waals surface area contributed by atoms with Crippen molar-refractivity contribution in [3.8, 4) is 0 Å². The maximum Gasteiger partial charge on any atom is 0.235 e. The molecule has 0 fully saturated rings. The Balaban J connectivity index is 2.11. The van der Waals surface area contributed by atoms with Crippen molar-refractivity contribution in [2.24, 2.45) is 0 Å². The Morgan fingerprint density at radius 1 is 1.53 bits per heavy atom. The van der Waals surface area contributed by atoms with Crippen LogP contribution in [0.3, 0.4) is 0 Å². The minimum absolute atomic E-state index is 0.00764. The minimum Gasteiger partial charge on any atom is -0.351 e. The molecule has 2 aromatic rings. The molecule has 78 valence electrons. The van der Waals surface area contributed by atoms with Gasteiger partial charge in [0.25, 0.3) is 0 Å². The Hall–Kier alpha value is -1.55.